The molecule has 1 fully saturated rings. The summed E-state index contributed by atoms with van der Waals surface area (Å²) in [7, 11) is 0. The van der Waals surface area contributed by atoms with Crippen molar-refractivity contribution in [2.24, 2.45) is 0 Å². The molecule has 0 bridgehead atoms. The molecule has 0 atom stereocenters. The highest BCUT2D eigenvalue weighted by Crippen LogP contribution is 2.17. The number of phenols is 1. The van der Waals surface area contributed by atoms with Gasteiger partial charge in [-0.25, -0.2) is 0 Å². The Morgan fingerprint density at radius 1 is 1.20 bits per heavy atom. The molecule has 2 nitrogen and oxygen atoms in total. The van der Waals surface area contributed by atoms with Crippen molar-refractivity contribution in [3.8, 4) is 5.75 Å². The van der Waals surface area contributed by atoms with Gasteiger partial charge in [0.05, 0.1) is 13.2 Å². The highest BCUT2D eigenvalue weighted by atomic mass is 16.6. The van der Waals surface area contributed by atoms with E-state index < -0.39 is 0 Å². The quantitative estimate of drug-likeness (QED) is 0.609. The lowest BCUT2D eigenvalue weighted by Crippen LogP contribution is -1.85. The van der Waals surface area contributed by atoms with Crippen LogP contribution in [0.15, 0.2) is 24.3 Å². The molecular weight excluding hydrogens is 188 g/mol. The second kappa shape index (κ2) is 7.30. The van der Waals surface area contributed by atoms with Crippen LogP contribution in [0.2, 0.25) is 0 Å². The SMILES string of the molecule is C1CO1.CCCCCc1ccccc1O. The third-order valence-corrected chi connectivity index (χ3v) is 2.25. The fourth-order valence-corrected chi connectivity index (χ4v) is 1.29. The minimum absolute atomic E-state index is 0.439. The molecule has 1 heterocycles. The lowest BCUT2D eigenvalue weighted by atomic mass is 10.1. The molecule has 0 radical (unpaired) electrons. The summed E-state index contributed by atoms with van der Waals surface area (Å²) in [5.41, 5.74) is 1.07. The summed E-state index contributed by atoms with van der Waals surface area (Å²) in [4.78, 5) is 0. The van der Waals surface area contributed by atoms with Crippen LogP contribution in [0.5, 0.6) is 5.75 Å². The van der Waals surface area contributed by atoms with Gasteiger partial charge in [0.15, 0.2) is 0 Å². The minimum atomic E-state index is 0.439. The summed E-state index contributed by atoms with van der Waals surface area (Å²) >= 11 is 0. The Hall–Kier alpha value is -1.02. The van der Waals surface area contributed by atoms with E-state index in [1.165, 1.54) is 19.3 Å². The summed E-state index contributed by atoms with van der Waals surface area (Å²) in [6, 6.07) is 7.58. The molecule has 1 saturated heterocycles. The van der Waals surface area contributed by atoms with Crippen molar-refractivity contribution in [1.82, 2.24) is 0 Å². The number of phenolic OH excluding ortho intramolecular Hbond substituents is 1. The molecule has 84 valence electrons. The maximum atomic E-state index is 9.41. The Morgan fingerprint density at radius 3 is 2.40 bits per heavy atom. The van der Waals surface area contributed by atoms with Gasteiger partial charge < -0.3 is 9.84 Å². The summed E-state index contributed by atoms with van der Waals surface area (Å²) in [6.07, 6.45) is 4.65. The van der Waals surface area contributed by atoms with Crippen LogP contribution in [-0.4, -0.2) is 18.3 Å². The highest BCUT2D eigenvalue weighted by molar-refractivity contribution is 5.31. The molecule has 1 N–H and O–H groups in total. The van der Waals surface area contributed by atoms with Gasteiger partial charge in [0.1, 0.15) is 5.75 Å². The second-order valence-corrected chi connectivity index (χ2v) is 3.70. The molecule has 2 heteroatoms. The third kappa shape index (κ3) is 6.13. The number of hydrogen-bond acceptors (Lipinski definition) is 2. The Labute approximate surface area is 91.9 Å². The van der Waals surface area contributed by atoms with Crippen molar-refractivity contribution in [3.63, 3.8) is 0 Å². The molecular formula is C13H20O2. The van der Waals surface area contributed by atoms with Gasteiger partial charge in [0, 0.05) is 0 Å². The number of hydrogen-bond donors (Lipinski definition) is 1. The Morgan fingerprint density at radius 2 is 1.87 bits per heavy atom. The summed E-state index contributed by atoms with van der Waals surface area (Å²) in [6.45, 7) is 4.19. The number of ether oxygens (including phenoxy) is 1. The molecule has 2 rings (SSSR count). The van der Waals surface area contributed by atoms with Crippen LogP contribution in [0.4, 0.5) is 0 Å². The average Bonchev–Trinajstić information content (AvgIpc) is 3.08. The first-order valence-electron chi connectivity index (χ1n) is 5.69. The summed E-state index contributed by atoms with van der Waals surface area (Å²) < 4.78 is 4.50. The zero-order valence-electron chi connectivity index (χ0n) is 9.41. The first-order chi connectivity index (χ1) is 7.34. The van der Waals surface area contributed by atoms with Crippen molar-refractivity contribution in [2.75, 3.05) is 13.2 Å². The number of aromatic hydroxyl groups is 1. The molecule has 0 spiro atoms. The van der Waals surface area contributed by atoms with Crippen molar-refractivity contribution in [1.29, 1.82) is 0 Å². The maximum absolute atomic E-state index is 9.41. The largest absolute Gasteiger partial charge is 0.508 e. The van der Waals surface area contributed by atoms with E-state index in [-0.39, 0.29) is 0 Å². The minimum Gasteiger partial charge on any atom is -0.508 e. The summed E-state index contributed by atoms with van der Waals surface area (Å²) in [5, 5.41) is 9.41. The van der Waals surface area contributed by atoms with E-state index in [4.69, 9.17) is 0 Å². The van der Waals surface area contributed by atoms with Crippen LogP contribution in [-0.2, 0) is 11.2 Å². The van der Waals surface area contributed by atoms with Crippen LogP contribution < -0.4 is 0 Å². The number of unbranched alkanes of at least 4 members (excludes halogenated alkanes) is 2. The van der Waals surface area contributed by atoms with Crippen molar-refractivity contribution in [2.45, 2.75) is 32.6 Å². The normalized spacial score (nSPS) is 12.9. The first kappa shape index (κ1) is 12.1. The van der Waals surface area contributed by atoms with E-state index in [2.05, 4.69) is 11.7 Å². The number of rotatable bonds is 4. The number of epoxide rings is 1. The highest BCUT2D eigenvalue weighted by Gasteiger charge is 1.97. The Kier molecular flexibility index (Phi) is 5.86. The second-order valence-electron chi connectivity index (χ2n) is 3.70. The Balaban J connectivity index is 0.000000319. The molecule has 1 aliphatic rings. The third-order valence-electron chi connectivity index (χ3n) is 2.25. The van der Waals surface area contributed by atoms with E-state index >= 15 is 0 Å². The predicted molar refractivity (Wildman–Crippen MR) is 62.2 cm³/mol. The smallest absolute Gasteiger partial charge is 0.118 e. The molecule has 1 aromatic carbocycles. The molecule has 0 saturated carbocycles. The van der Waals surface area contributed by atoms with Gasteiger partial charge in [0.25, 0.3) is 0 Å². The number of para-hydroxylation sites is 1. The van der Waals surface area contributed by atoms with Gasteiger partial charge in [-0.05, 0) is 24.5 Å². The van der Waals surface area contributed by atoms with E-state index in [0.29, 0.717) is 5.75 Å². The molecule has 0 unspecified atom stereocenters. The van der Waals surface area contributed by atoms with Gasteiger partial charge in [-0.15, -0.1) is 0 Å². The fourth-order valence-electron chi connectivity index (χ4n) is 1.29. The lowest BCUT2D eigenvalue weighted by molar-refractivity contribution is 0.466. The Bertz CT molecular complexity index is 266. The van der Waals surface area contributed by atoms with E-state index in [1.54, 1.807) is 6.07 Å². The first-order valence-corrected chi connectivity index (χ1v) is 5.69. The fraction of sp³-hybridized carbons (Fsp3) is 0.538. The topological polar surface area (TPSA) is 32.8 Å². The van der Waals surface area contributed by atoms with Gasteiger partial charge in [-0.2, -0.15) is 0 Å². The van der Waals surface area contributed by atoms with Crippen LogP contribution in [0.25, 0.3) is 0 Å². The van der Waals surface area contributed by atoms with E-state index in [1.807, 2.05) is 18.2 Å². The van der Waals surface area contributed by atoms with Crippen molar-refractivity contribution in [3.05, 3.63) is 29.8 Å². The van der Waals surface area contributed by atoms with Gasteiger partial charge in [-0.3, -0.25) is 0 Å². The van der Waals surface area contributed by atoms with Gasteiger partial charge in [0.2, 0.25) is 0 Å². The standard InChI is InChI=1S/C11H16O.C2H4O/c1-2-3-4-7-10-8-5-6-9-11(10)12;1-2-3-1/h5-6,8-9,12H,2-4,7H2,1H3;1-2H2. The van der Waals surface area contributed by atoms with Gasteiger partial charge in [-0.1, -0.05) is 38.0 Å². The van der Waals surface area contributed by atoms with Crippen LogP contribution in [0.3, 0.4) is 0 Å². The molecule has 0 aromatic heterocycles. The number of benzene rings is 1. The van der Waals surface area contributed by atoms with Crippen LogP contribution in [0.1, 0.15) is 31.7 Å². The maximum Gasteiger partial charge on any atom is 0.118 e. The average molecular weight is 208 g/mol. The van der Waals surface area contributed by atoms with Gasteiger partial charge >= 0.3 is 0 Å². The number of aryl methyl sites for hydroxylation is 1. The molecule has 1 aromatic rings. The molecule has 15 heavy (non-hydrogen) atoms. The van der Waals surface area contributed by atoms with Crippen molar-refractivity contribution >= 4 is 0 Å². The molecule has 0 amide bonds. The zero-order chi connectivity index (χ0) is 10.9. The van der Waals surface area contributed by atoms with Crippen molar-refractivity contribution < 1.29 is 9.84 Å². The van der Waals surface area contributed by atoms with Crippen LogP contribution in [0, 0.1) is 0 Å². The molecule has 0 aliphatic carbocycles. The van der Waals surface area contributed by atoms with E-state index in [9.17, 15) is 5.11 Å². The van der Waals surface area contributed by atoms with Crippen LogP contribution >= 0.6 is 0 Å². The van der Waals surface area contributed by atoms with E-state index in [0.717, 1.165) is 25.2 Å². The lowest BCUT2D eigenvalue weighted by Gasteiger charge is -2.02. The monoisotopic (exact) mass is 208 g/mol. The summed E-state index contributed by atoms with van der Waals surface area (Å²) in [5.74, 6) is 0.439. The molecule has 1 aliphatic heterocycles. The zero-order valence-corrected chi connectivity index (χ0v) is 9.41. The predicted octanol–water partition coefficient (Wildman–Crippen LogP) is 3.14.